The molecule has 0 saturated carbocycles. The van der Waals surface area contributed by atoms with Crippen molar-refractivity contribution in [2.45, 2.75) is 73.5 Å². The lowest BCUT2D eigenvalue weighted by molar-refractivity contribution is -0.160. The van der Waals surface area contributed by atoms with Gasteiger partial charge in [-0.15, -0.1) is 0 Å². The lowest BCUT2D eigenvalue weighted by Crippen LogP contribution is -2.29. The van der Waals surface area contributed by atoms with E-state index in [4.69, 9.17) is 4.74 Å². The maximum Gasteiger partial charge on any atom is 0.159 e. The van der Waals surface area contributed by atoms with Crippen LogP contribution in [0.3, 0.4) is 0 Å². The second-order valence-corrected chi connectivity index (χ2v) is 6.81. The van der Waals surface area contributed by atoms with E-state index >= 15 is 0 Å². The van der Waals surface area contributed by atoms with Gasteiger partial charge in [0.25, 0.3) is 0 Å². The summed E-state index contributed by atoms with van der Waals surface area (Å²) in [5.41, 5.74) is -0.180. The first-order valence-electron chi connectivity index (χ1n) is 7.03. The van der Waals surface area contributed by atoms with Gasteiger partial charge in [-0.05, 0) is 18.3 Å². The van der Waals surface area contributed by atoms with Crippen LogP contribution in [0, 0.1) is 17.3 Å². The molecule has 2 heteroatoms. The molecule has 0 spiro atoms. The first kappa shape index (κ1) is 16.9. The summed E-state index contributed by atoms with van der Waals surface area (Å²) in [6, 6.07) is 0. The number of aliphatic hydroxyl groups is 1. The van der Waals surface area contributed by atoms with Gasteiger partial charge in [-0.3, -0.25) is 0 Å². The highest BCUT2D eigenvalue weighted by molar-refractivity contribution is 4.64. The third-order valence-corrected chi connectivity index (χ3v) is 3.11. The fourth-order valence-electron chi connectivity index (χ4n) is 1.65. The van der Waals surface area contributed by atoms with E-state index in [1.807, 2.05) is 20.8 Å². The molecule has 0 amide bonds. The van der Waals surface area contributed by atoms with Gasteiger partial charge in [0.05, 0.1) is 6.61 Å². The number of rotatable bonds is 8. The van der Waals surface area contributed by atoms with Crippen molar-refractivity contribution >= 4 is 0 Å². The minimum Gasteiger partial charge on any atom is -0.368 e. The van der Waals surface area contributed by atoms with Crippen LogP contribution >= 0.6 is 0 Å². The van der Waals surface area contributed by atoms with Crippen LogP contribution in [-0.2, 0) is 4.74 Å². The minimum absolute atomic E-state index is 0.180. The summed E-state index contributed by atoms with van der Waals surface area (Å²) in [5, 5.41) is 9.73. The third-order valence-electron chi connectivity index (χ3n) is 3.11. The summed E-state index contributed by atoms with van der Waals surface area (Å²) in [4.78, 5) is 0. The standard InChI is InChI=1S/C15H32O2/c1-12(2)8-7-9-13(3)10-11-17-14(16)15(4,5)6/h12-14,16H,7-11H2,1-6H3. The maximum absolute atomic E-state index is 9.73. The predicted molar refractivity (Wildman–Crippen MR) is 73.9 cm³/mol. The van der Waals surface area contributed by atoms with Crippen molar-refractivity contribution in [1.82, 2.24) is 0 Å². The number of hydrogen-bond donors (Lipinski definition) is 1. The zero-order valence-electron chi connectivity index (χ0n) is 12.6. The molecule has 2 atom stereocenters. The Hall–Kier alpha value is -0.0800. The van der Waals surface area contributed by atoms with Gasteiger partial charge in [-0.1, -0.05) is 60.8 Å². The van der Waals surface area contributed by atoms with E-state index in [1.165, 1.54) is 19.3 Å². The second-order valence-electron chi connectivity index (χ2n) is 6.81. The normalized spacial score (nSPS) is 16.2. The SMILES string of the molecule is CC(C)CCCC(C)CCOC(O)C(C)(C)C. The maximum atomic E-state index is 9.73. The third kappa shape index (κ3) is 9.61. The lowest BCUT2D eigenvalue weighted by atomic mass is 9.96. The van der Waals surface area contributed by atoms with Gasteiger partial charge in [0.2, 0.25) is 0 Å². The van der Waals surface area contributed by atoms with Crippen molar-refractivity contribution in [2.24, 2.45) is 17.3 Å². The van der Waals surface area contributed by atoms with Crippen LogP contribution in [0.5, 0.6) is 0 Å². The Kier molecular flexibility index (Phi) is 8.06. The summed E-state index contributed by atoms with van der Waals surface area (Å²) in [6.45, 7) is 13.5. The van der Waals surface area contributed by atoms with Crippen LogP contribution < -0.4 is 0 Å². The number of ether oxygens (including phenoxy) is 1. The summed E-state index contributed by atoms with van der Waals surface area (Å²) in [6.07, 6.45) is 4.29. The van der Waals surface area contributed by atoms with E-state index in [0.717, 1.165) is 12.3 Å². The Labute approximate surface area is 108 Å². The van der Waals surface area contributed by atoms with Crippen molar-refractivity contribution < 1.29 is 9.84 Å². The fraction of sp³-hybridized carbons (Fsp3) is 1.00. The van der Waals surface area contributed by atoms with Crippen molar-refractivity contribution in [1.29, 1.82) is 0 Å². The molecule has 0 aromatic heterocycles. The van der Waals surface area contributed by atoms with Crippen LogP contribution in [0.2, 0.25) is 0 Å². The molecule has 0 heterocycles. The molecular weight excluding hydrogens is 212 g/mol. The number of hydrogen-bond acceptors (Lipinski definition) is 2. The van der Waals surface area contributed by atoms with Gasteiger partial charge >= 0.3 is 0 Å². The molecular formula is C15H32O2. The molecule has 17 heavy (non-hydrogen) atoms. The molecule has 0 aliphatic rings. The minimum atomic E-state index is -0.648. The summed E-state index contributed by atoms with van der Waals surface area (Å²) >= 11 is 0. The molecule has 104 valence electrons. The van der Waals surface area contributed by atoms with E-state index in [9.17, 15) is 5.11 Å². The van der Waals surface area contributed by atoms with Crippen LogP contribution in [0.1, 0.15) is 67.2 Å². The van der Waals surface area contributed by atoms with Gasteiger partial charge in [-0.2, -0.15) is 0 Å². The zero-order valence-corrected chi connectivity index (χ0v) is 12.6. The highest BCUT2D eigenvalue weighted by Crippen LogP contribution is 2.21. The Balaban J connectivity index is 3.54. The van der Waals surface area contributed by atoms with Gasteiger partial charge in [0, 0.05) is 5.41 Å². The monoisotopic (exact) mass is 244 g/mol. The molecule has 0 saturated heterocycles. The highest BCUT2D eigenvalue weighted by atomic mass is 16.6. The summed E-state index contributed by atoms with van der Waals surface area (Å²) in [5.74, 6) is 1.50. The lowest BCUT2D eigenvalue weighted by Gasteiger charge is -2.26. The van der Waals surface area contributed by atoms with Crippen molar-refractivity contribution in [3.8, 4) is 0 Å². The predicted octanol–water partition coefficient (Wildman–Crippen LogP) is 4.22. The van der Waals surface area contributed by atoms with E-state index in [-0.39, 0.29) is 5.41 Å². The molecule has 0 aliphatic heterocycles. The molecule has 0 aromatic rings. The average molecular weight is 244 g/mol. The molecule has 1 N–H and O–H groups in total. The zero-order chi connectivity index (χ0) is 13.5. The molecule has 0 aliphatic carbocycles. The Morgan fingerprint density at radius 2 is 1.59 bits per heavy atom. The van der Waals surface area contributed by atoms with Crippen molar-refractivity contribution in [2.75, 3.05) is 6.61 Å². The molecule has 0 rings (SSSR count). The number of aliphatic hydroxyl groups excluding tert-OH is 1. The first-order valence-corrected chi connectivity index (χ1v) is 7.03. The van der Waals surface area contributed by atoms with Crippen LogP contribution in [0.4, 0.5) is 0 Å². The van der Waals surface area contributed by atoms with E-state index in [2.05, 4.69) is 20.8 Å². The van der Waals surface area contributed by atoms with Gasteiger partial charge in [-0.25, -0.2) is 0 Å². The highest BCUT2D eigenvalue weighted by Gasteiger charge is 2.22. The molecule has 0 aromatic carbocycles. The van der Waals surface area contributed by atoms with Crippen LogP contribution in [-0.4, -0.2) is 18.0 Å². The molecule has 2 unspecified atom stereocenters. The second kappa shape index (κ2) is 8.10. The van der Waals surface area contributed by atoms with Crippen molar-refractivity contribution in [3.63, 3.8) is 0 Å². The molecule has 0 fully saturated rings. The first-order chi connectivity index (χ1) is 7.73. The topological polar surface area (TPSA) is 29.5 Å². The Bertz CT molecular complexity index is 182. The Morgan fingerprint density at radius 3 is 2.06 bits per heavy atom. The van der Waals surface area contributed by atoms with E-state index in [0.29, 0.717) is 12.5 Å². The van der Waals surface area contributed by atoms with Gasteiger partial charge in [0.15, 0.2) is 6.29 Å². The average Bonchev–Trinajstić information content (AvgIpc) is 2.15. The Morgan fingerprint density at radius 1 is 1.00 bits per heavy atom. The van der Waals surface area contributed by atoms with Crippen molar-refractivity contribution in [3.05, 3.63) is 0 Å². The van der Waals surface area contributed by atoms with Gasteiger partial charge < -0.3 is 9.84 Å². The molecule has 0 bridgehead atoms. The summed E-state index contributed by atoms with van der Waals surface area (Å²) < 4.78 is 5.46. The van der Waals surface area contributed by atoms with E-state index < -0.39 is 6.29 Å². The smallest absolute Gasteiger partial charge is 0.159 e. The summed E-state index contributed by atoms with van der Waals surface area (Å²) in [7, 11) is 0. The fourth-order valence-corrected chi connectivity index (χ4v) is 1.65. The largest absolute Gasteiger partial charge is 0.368 e. The quantitative estimate of drug-likeness (QED) is 0.648. The molecule has 0 radical (unpaired) electrons. The van der Waals surface area contributed by atoms with Crippen LogP contribution in [0.15, 0.2) is 0 Å². The van der Waals surface area contributed by atoms with Gasteiger partial charge in [0.1, 0.15) is 0 Å². The van der Waals surface area contributed by atoms with Crippen LogP contribution in [0.25, 0.3) is 0 Å². The van der Waals surface area contributed by atoms with E-state index in [1.54, 1.807) is 0 Å². The molecule has 2 nitrogen and oxygen atoms in total.